The molecule has 0 rings (SSSR count). The van der Waals surface area contributed by atoms with Crippen LogP contribution in [0.1, 0.15) is 46.0 Å². The minimum atomic E-state index is -4.30. The van der Waals surface area contributed by atoms with Crippen molar-refractivity contribution >= 4 is 19.8 Å². The number of hydrogen-bond acceptors (Lipinski definition) is 8. The van der Waals surface area contributed by atoms with Crippen molar-refractivity contribution in [2.75, 3.05) is 26.4 Å². The van der Waals surface area contributed by atoms with E-state index in [1.54, 1.807) is 0 Å². The second-order valence-electron chi connectivity index (χ2n) is 5.03. The van der Waals surface area contributed by atoms with E-state index in [2.05, 4.69) is 4.52 Å². The highest BCUT2D eigenvalue weighted by Crippen LogP contribution is 2.43. The molecule has 0 aromatic rings. The Bertz CT molecular complexity index is 418. The molecule has 0 bridgehead atoms. The van der Waals surface area contributed by atoms with Crippen LogP contribution in [0.5, 0.6) is 0 Å². The van der Waals surface area contributed by atoms with Crippen LogP contribution in [-0.4, -0.2) is 49.3 Å². The molecule has 0 radical (unpaired) electrons. The van der Waals surface area contributed by atoms with Gasteiger partial charge in [-0.05, 0) is 12.8 Å². The fourth-order valence-corrected chi connectivity index (χ4v) is 2.29. The number of nitrogens with two attached hydrogens (primary N) is 1. The molecule has 0 aliphatic rings. The first kappa shape index (κ1) is 23.0. The van der Waals surface area contributed by atoms with Crippen molar-refractivity contribution < 1.29 is 37.6 Å². The molecule has 0 fully saturated rings. The van der Waals surface area contributed by atoms with Crippen LogP contribution in [0.15, 0.2) is 0 Å². The minimum absolute atomic E-state index is 0.0535. The first-order valence-electron chi connectivity index (χ1n) is 8.01. The van der Waals surface area contributed by atoms with E-state index in [1.807, 2.05) is 13.8 Å². The molecule has 0 spiro atoms. The number of phosphoric ester groups is 1. The van der Waals surface area contributed by atoms with E-state index in [0.29, 0.717) is 12.8 Å². The zero-order valence-electron chi connectivity index (χ0n) is 14.3. The van der Waals surface area contributed by atoms with Crippen LogP contribution in [0.4, 0.5) is 0 Å². The highest BCUT2D eigenvalue weighted by molar-refractivity contribution is 7.47. The number of ether oxygens (including phenoxy) is 2. The number of carbonyl (C=O) groups is 2. The van der Waals surface area contributed by atoms with Crippen LogP contribution < -0.4 is 5.73 Å². The summed E-state index contributed by atoms with van der Waals surface area (Å²) >= 11 is 0. The summed E-state index contributed by atoms with van der Waals surface area (Å²) in [5.74, 6) is -0.939. The largest absolute Gasteiger partial charge is 0.472 e. The standard InChI is InChI=1S/C14H28NO8P/c1-3-5-7-14(17)23-12(10-20-13(16)6-4-2)11-22-24(18,19)21-9-8-15/h12H,3-11,15H2,1-2H3,(H,18,19). The summed E-state index contributed by atoms with van der Waals surface area (Å²) in [6, 6.07) is 0. The molecule has 0 aromatic heterocycles. The van der Waals surface area contributed by atoms with Gasteiger partial charge in [-0.2, -0.15) is 0 Å². The van der Waals surface area contributed by atoms with Gasteiger partial charge in [0.15, 0.2) is 6.10 Å². The lowest BCUT2D eigenvalue weighted by Crippen LogP contribution is -2.29. The number of phosphoric acid groups is 1. The quantitative estimate of drug-likeness (QED) is 0.345. The van der Waals surface area contributed by atoms with Gasteiger partial charge in [-0.1, -0.05) is 20.3 Å². The van der Waals surface area contributed by atoms with E-state index in [0.717, 1.165) is 6.42 Å². The third-order valence-electron chi connectivity index (χ3n) is 2.71. The third kappa shape index (κ3) is 12.4. The summed E-state index contributed by atoms with van der Waals surface area (Å²) in [4.78, 5) is 32.5. The van der Waals surface area contributed by atoms with Crippen LogP contribution in [-0.2, 0) is 32.7 Å². The van der Waals surface area contributed by atoms with Gasteiger partial charge in [0.2, 0.25) is 0 Å². The van der Waals surface area contributed by atoms with Gasteiger partial charge in [0, 0.05) is 19.4 Å². The number of esters is 2. The van der Waals surface area contributed by atoms with E-state index < -0.39 is 32.5 Å². The molecule has 0 aliphatic carbocycles. The predicted octanol–water partition coefficient (Wildman–Crippen LogP) is 1.52. The molecular weight excluding hydrogens is 341 g/mol. The topological polar surface area (TPSA) is 134 Å². The lowest BCUT2D eigenvalue weighted by Gasteiger charge is -2.19. The van der Waals surface area contributed by atoms with Gasteiger partial charge in [0.1, 0.15) is 6.61 Å². The Morgan fingerprint density at radius 2 is 1.79 bits per heavy atom. The van der Waals surface area contributed by atoms with Crippen molar-refractivity contribution in [3.8, 4) is 0 Å². The molecule has 10 heteroatoms. The fourth-order valence-electron chi connectivity index (χ4n) is 1.53. The van der Waals surface area contributed by atoms with Crippen molar-refractivity contribution in [3.05, 3.63) is 0 Å². The first-order chi connectivity index (χ1) is 11.3. The van der Waals surface area contributed by atoms with E-state index in [9.17, 15) is 19.0 Å². The maximum atomic E-state index is 11.7. The SMILES string of the molecule is CCCCC(=O)OC(COC(=O)CCC)COP(=O)(O)OCCN. The van der Waals surface area contributed by atoms with Gasteiger partial charge in [-0.25, -0.2) is 4.57 Å². The van der Waals surface area contributed by atoms with Crippen LogP contribution in [0.25, 0.3) is 0 Å². The zero-order chi connectivity index (χ0) is 18.4. The van der Waals surface area contributed by atoms with Crippen molar-refractivity contribution in [2.24, 2.45) is 5.73 Å². The summed E-state index contributed by atoms with van der Waals surface area (Å²) in [6.07, 6.45) is 1.54. The van der Waals surface area contributed by atoms with Crippen LogP contribution in [0.3, 0.4) is 0 Å². The lowest BCUT2D eigenvalue weighted by atomic mass is 10.2. The van der Waals surface area contributed by atoms with Crippen molar-refractivity contribution in [3.63, 3.8) is 0 Å². The molecule has 24 heavy (non-hydrogen) atoms. The highest BCUT2D eigenvalue weighted by atomic mass is 31.2. The van der Waals surface area contributed by atoms with Crippen LogP contribution in [0.2, 0.25) is 0 Å². The first-order valence-corrected chi connectivity index (χ1v) is 9.51. The molecule has 3 N–H and O–H groups in total. The van der Waals surface area contributed by atoms with Crippen molar-refractivity contribution in [2.45, 2.75) is 52.1 Å². The van der Waals surface area contributed by atoms with E-state index in [1.165, 1.54) is 0 Å². The van der Waals surface area contributed by atoms with Gasteiger partial charge in [-0.3, -0.25) is 18.6 Å². The summed E-state index contributed by atoms with van der Waals surface area (Å²) in [5, 5.41) is 0. The van der Waals surface area contributed by atoms with Gasteiger partial charge in [0.25, 0.3) is 0 Å². The molecule has 142 valence electrons. The number of rotatable bonds is 14. The van der Waals surface area contributed by atoms with Gasteiger partial charge < -0.3 is 20.1 Å². The van der Waals surface area contributed by atoms with Crippen LogP contribution in [0, 0.1) is 0 Å². The van der Waals surface area contributed by atoms with Gasteiger partial charge in [0.05, 0.1) is 13.2 Å². The summed E-state index contributed by atoms with van der Waals surface area (Å²) in [7, 11) is -4.30. The fraction of sp³-hybridized carbons (Fsp3) is 0.857. The molecule has 0 amide bonds. The predicted molar refractivity (Wildman–Crippen MR) is 86.1 cm³/mol. The maximum Gasteiger partial charge on any atom is 0.472 e. The van der Waals surface area contributed by atoms with E-state index >= 15 is 0 Å². The molecule has 0 aromatic carbocycles. The molecule has 2 unspecified atom stereocenters. The zero-order valence-corrected chi connectivity index (χ0v) is 15.2. The smallest absolute Gasteiger partial charge is 0.462 e. The number of carbonyl (C=O) groups excluding carboxylic acids is 2. The van der Waals surface area contributed by atoms with Crippen LogP contribution >= 0.6 is 7.82 Å². The highest BCUT2D eigenvalue weighted by Gasteiger charge is 2.25. The van der Waals surface area contributed by atoms with Crippen molar-refractivity contribution in [1.82, 2.24) is 0 Å². The molecular formula is C14H28NO8P. The third-order valence-corrected chi connectivity index (χ3v) is 3.70. The summed E-state index contributed by atoms with van der Waals surface area (Å²) in [6.45, 7) is 2.96. The molecule has 0 saturated heterocycles. The maximum absolute atomic E-state index is 11.7. The summed E-state index contributed by atoms with van der Waals surface area (Å²) in [5.41, 5.74) is 5.17. The Hall–Kier alpha value is -0.990. The minimum Gasteiger partial charge on any atom is -0.462 e. The Balaban J connectivity index is 4.52. The molecule has 0 heterocycles. The normalized spacial score (nSPS) is 14.7. The Labute approximate surface area is 142 Å². The average Bonchev–Trinajstić information content (AvgIpc) is 2.54. The van der Waals surface area contributed by atoms with E-state index in [-0.39, 0.29) is 32.6 Å². The Morgan fingerprint density at radius 1 is 1.08 bits per heavy atom. The monoisotopic (exact) mass is 369 g/mol. The summed E-state index contributed by atoms with van der Waals surface area (Å²) < 4.78 is 31.0. The second-order valence-corrected chi connectivity index (χ2v) is 6.49. The second kappa shape index (κ2) is 13.3. The molecule has 9 nitrogen and oxygen atoms in total. The van der Waals surface area contributed by atoms with Crippen molar-refractivity contribution in [1.29, 1.82) is 0 Å². The lowest BCUT2D eigenvalue weighted by molar-refractivity contribution is -0.161. The van der Waals surface area contributed by atoms with Gasteiger partial charge >= 0.3 is 19.8 Å². The van der Waals surface area contributed by atoms with Gasteiger partial charge in [-0.15, -0.1) is 0 Å². The molecule has 0 saturated carbocycles. The average molecular weight is 369 g/mol. The van der Waals surface area contributed by atoms with E-state index in [4.69, 9.17) is 19.7 Å². The molecule has 0 aliphatic heterocycles. The molecule has 2 atom stereocenters. The Kier molecular flexibility index (Phi) is 12.8. The Morgan fingerprint density at radius 3 is 2.38 bits per heavy atom. The number of unbranched alkanes of at least 4 members (excludes halogenated alkanes) is 1. The number of hydrogen-bond donors (Lipinski definition) is 2.